The summed E-state index contributed by atoms with van der Waals surface area (Å²) in [6.07, 6.45) is 5.25. The minimum atomic E-state index is -0.743. The number of hydrogen-bond donors (Lipinski definition) is 1. The number of ether oxygens (including phenoxy) is 1. The molecule has 1 atom stereocenters. The second kappa shape index (κ2) is 11.0. The Kier molecular flexibility index (Phi) is 7.38. The number of nitrogens with one attached hydrogen (secondary N) is 1. The number of hydrogen-bond acceptors (Lipinski definition) is 7. The molecule has 10 nitrogen and oxygen atoms in total. The second-order valence-electron chi connectivity index (χ2n) is 9.14. The number of carbonyl (C=O) groups excluding carboxylic acids is 3. The first-order chi connectivity index (χ1) is 18.8. The summed E-state index contributed by atoms with van der Waals surface area (Å²) in [6.45, 7) is 0.0944. The normalized spacial score (nSPS) is 15.1. The van der Waals surface area contributed by atoms with Crippen molar-refractivity contribution in [1.82, 2.24) is 24.6 Å². The SMILES string of the molecule is COc1ccnc(NC(=O)c2ccc(CN3C(=O)c4nn(C)cc4CC(=O)C3Cc3ccccn3)cc2Cl)c1. The van der Waals surface area contributed by atoms with E-state index in [4.69, 9.17) is 16.3 Å². The third kappa shape index (κ3) is 5.65. The molecule has 1 N–H and O–H groups in total. The number of methoxy groups -OCH3 is 1. The van der Waals surface area contributed by atoms with Gasteiger partial charge in [0.25, 0.3) is 11.8 Å². The first kappa shape index (κ1) is 26.1. The molecule has 0 aliphatic carbocycles. The Balaban J connectivity index is 1.42. The number of Topliss-reactive ketones (excluding diaryl/α,β-unsaturated/α-hetero) is 1. The number of aryl methyl sites for hydroxylation is 1. The predicted octanol–water partition coefficient (Wildman–Crippen LogP) is 3.50. The van der Waals surface area contributed by atoms with E-state index in [1.807, 2.05) is 12.1 Å². The number of aromatic nitrogens is 4. The monoisotopic (exact) mass is 544 g/mol. The van der Waals surface area contributed by atoms with E-state index >= 15 is 0 Å². The van der Waals surface area contributed by atoms with Crippen LogP contribution in [0.5, 0.6) is 5.75 Å². The van der Waals surface area contributed by atoms with Crippen LogP contribution in [0.3, 0.4) is 0 Å². The fraction of sp³-hybridized carbons (Fsp3) is 0.214. The van der Waals surface area contributed by atoms with Gasteiger partial charge in [-0.1, -0.05) is 23.7 Å². The van der Waals surface area contributed by atoms with Gasteiger partial charge in [-0.2, -0.15) is 5.10 Å². The van der Waals surface area contributed by atoms with Gasteiger partial charge in [-0.25, -0.2) is 4.98 Å². The molecular formula is C28H25ClN6O4. The maximum Gasteiger partial charge on any atom is 0.275 e. The number of benzene rings is 1. The number of halogens is 1. The molecule has 5 rings (SSSR count). The van der Waals surface area contributed by atoms with Gasteiger partial charge < -0.3 is 15.0 Å². The number of fused-ring (bicyclic) bond motifs is 1. The summed E-state index contributed by atoms with van der Waals surface area (Å²) in [5.74, 6) is -0.0287. The largest absolute Gasteiger partial charge is 0.497 e. The minimum absolute atomic E-state index is 0.0944. The van der Waals surface area contributed by atoms with Crippen LogP contribution in [0.25, 0.3) is 0 Å². The number of nitrogens with zero attached hydrogens (tertiary/aromatic N) is 5. The molecule has 0 saturated carbocycles. The van der Waals surface area contributed by atoms with Crippen molar-refractivity contribution < 1.29 is 19.1 Å². The number of pyridine rings is 2. The van der Waals surface area contributed by atoms with E-state index in [1.54, 1.807) is 55.8 Å². The molecule has 198 valence electrons. The predicted molar refractivity (Wildman–Crippen MR) is 144 cm³/mol. The number of anilines is 1. The van der Waals surface area contributed by atoms with Gasteiger partial charge in [-0.3, -0.25) is 24.0 Å². The highest BCUT2D eigenvalue weighted by atomic mass is 35.5. The summed E-state index contributed by atoms with van der Waals surface area (Å²) in [5.41, 5.74) is 2.44. The number of rotatable bonds is 7. The van der Waals surface area contributed by atoms with Crippen LogP contribution in [0, 0.1) is 0 Å². The van der Waals surface area contributed by atoms with Crippen LogP contribution in [0.4, 0.5) is 5.82 Å². The Morgan fingerprint density at radius 1 is 1.13 bits per heavy atom. The van der Waals surface area contributed by atoms with Gasteiger partial charge in [0.05, 0.1) is 23.7 Å². The van der Waals surface area contributed by atoms with Crippen LogP contribution >= 0.6 is 11.6 Å². The molecule has 3 aromatic heterocycles. The Morgan fingerprint density at radius 2 is 1.97 bits per heavy atom. The van der Waals surface area contributed by atoms with Gasteiger partial charge in [0.1, 0.15) is 11.6 Å². The van der Waals surface area contributed by atoms with Crippen molar-refractivity contribution in [2.45, 2.75) is 25.4 Å². The van der Waals surface area contributed by atoms with Crippen LogP contribution in [-0.4, -0.2) is 55.4 Å². The molecule has 1 aromatic carbocycles. The lowest BCUT2D eigenvalue weighted by molar-refractivity contribution is -0.122. The zero-order valence-corrected chi connectivity index (χ0v) is 22.1. The van der Waals surface area contributed by atoms with Gasteiger partial charge in [-0.15, -0.1) is 0 Å². The smallest absolute Gasteiger partial charge is 0.275 e. The Hall–Kier alpha value is -4.57. The van der Waals surface area contributed by atoms with E-state index in [2.05, 4.69) is 20.4 Å². The van der Waals surface area contributed by atoms with E-state index in [-0.39, 0.29) is 47.4 Å². The molecule has 0 saturated heterocycles. The lowest BCUT2D eigenvalue weighted by Crippen LogP contribution is -2.45. The summed E-state index contributed by atoms with van der Waals surface area (Å²) >= 11 is 6.51. The molecule has 0 bridgehead atoms. The van der Waals surface area contributed by atoms with Gasteiger partial charge in [-0.05, 0) is 35.9 Å². The fourth-order valence-electron chi connectivity index (χ4n) is 4.55. The van der Waals surface area contributed by atoms with E-state index in [1.165, 1.54) is 22.9 Å². The van der Waals surface area contributed by atoms with Gasteiger partial charge in [0, 0.05) is 62.3 Å². The highest BCUT2D eigenvalue weighted by molar-refractivity contribution is 6.34. The van der Waals surface area contributed by atoms with E-state index < -0.39 is 11.9 Å². The van der Waals surface area contributed by atoms with Crippen LogP contribution in [0.1, 0.15) is 37.7 Å². The quantitative estimate of drug-likeness (QED) is 0.378. The van der Waals surface area contributed by atoms with Gasteiger partial charge >= 0.3 is 0 Å². The van der Waals surface area contributed by atoms with Crippen LogP contribution in [0.2, 0.25) is 5.02 Å². The van der Waals surface area contributed by atoms with Crippen LogP contribution < -0.4 is 10.1 Å². The molecular weight excluding hydrogens is 520 g/mol. The summed E-state index contributed by atoms with van der Waals surface area (Å²) in [4.78, 5) is 50.0. The number of amides is 2. The molecule has 0 fully saturated rings. The zero-order chi connectivity index (χ0) is 27.5. The van der Waals surface area contributed by atoms with Crippen molar-refractivity contribution in [3.05, 3.63) is 100 Å². The topological polar surface area (TPSA) is 119 Å². The molecule has 1 unspecified atom stereocenters. The van der Waals surface area contributed by atoms with E-state index in [9.17, 15) is 14.4 Å². The summed E-state index contributed by atoms with van der Waals surface area (Å²) in [7, 11) is 3.24. The van der Waals surface area contributed by atoms with Crippen LogP contribution in [-0.2, 0) is 31.2 Å². The Morgan fingerprint density at radius 3 is 2.72 bits per heavy atom. The molecule has 1 aliphatic heterocycles. The van der Waals surface area contributed by atoms with Crippen molar-refractivity contribution in [1.29, 1.82) is 0 Å². The maximum absolute atomic E-state index is 13.7. The molecule has 39 heavy (non-hydrogen) atoms. The maximum atomic E-state index is 13.7. The second-order valence-corrected chi connectivity index (χ2v) is 9.55. The highest BCUT2D eigenvalue weighted by Crippen LogP contribution is 2.26. The number of ketones is 1. The molecule has 2 amide bonds. The molecule has 11 heteroatoms. The van der Waals surface area contributed by atoms with Crippen LogP contribution in [0.15, 0.2) is 67.1 Å². The van der Waals surface area contributed by atoms with Crippen molar-refractivity contribution in [3.8, 4) is 5.75 Å². The van der Waals surface area contributed by atoms with Crippen molar-refractivity contribution in [3.63, 3.8) is 0 Å². The average Bonchev–Trinajstić information content (AvgIpc) is 3.27. The van der Waals surface area contributed by atoms with Crippen molar-refractivity contribution in [2.75, 3.05) is 12.4 Å². The third-order valence-electron chi connectivity index (χ3n) is 6.45. The third-order valence-corrected chi connectivity index (χ3v) is 6.76. The lowest BCUT2D eigenvalue weighted by atomic mass is 10.0. The Labute approximate surface area is 229 Å². The highest BCUT2D eigenvalue weighted by Gasteiger charge is 2.37. The minimum Gasteiger partial charge on any atom is -0.497 e. The van der Waals surface area contributed by atoms with Crippen molar-refractivity contribution >= 4 is 35.0 Å². The van der Waals surface area contributed by atoms with Crippen molar-refractivity contribution in [2.24, 2.45) is 7.05 Å². The zero-order valence-electron chi connectivity index (χ0n) is 21.3. The van der Waals surface area contributed by atoms with Gasteiger partial charge in [0.15, 0.2) is 11.5 Å². The first-order valence-electron chi connectivity index (χ1n) is 12.2. The number of carbonyl (C=O) groups is 3. The fourth-order valence-corrected chi connectivity index (χ4v) is 4.84. The molecule has 1 aliphatic rings. The molecule has 4 aromatic rings. The first-order valence-corrected chi connectivity index (χ1v) is 12.6. The standard InChI is InChI=1S/C28H25ClN6O4/c1-34-16-18-12-24(36)23(13-19-5-3-4-9-30-19)35(28(38)26(18)33-34)15-17-6-7-21(22(29)11-17)27(37)32-25-14-20(39-2)8-10-31-25/h3-11,14,16,23H,12-13,15H2,1-2H3,(H,31,32,37). The molecule has 0 radical (unpaired) electrons. The molecule has 0 spiro atoms. The average molecular weight is 545 g/mol. The summed E-state index contributed by atoms with van der Waals surface area (Å²) < 4.78 is 6.70. The summed E-state index contributed by atoms with van der Waals surface area (Å²) in [6, 6.07) is 12.9. The van der Waals surface area contributed by atoms with Gasteiger partial charge in [0.2, 0.25) is 0 Å². The van der Waals surface area contributed by atoms with E-state index in [0.717, 1.165) is 0 Å². The summed E-state index contributed by atoms with van der Waals surface area (Å²) in [5, 5.41) is 7.23. The Bertz CT molecular complexity index is 1550. The van der Waals surface area contributed by atoms with E-state index in [0.29, 0.717) is 28.4 Å². The molecule has 4 heterocycles. The lowest BCUT2D eigenvalue weighted by Gasteiger charge is -2.29.